The molecule has 21 heavy (non-hydrogen) atoms. The Morgan fingerprint density at radius 3 is 2.86 bits per heavy atom. The van der Waals surface area contributed by atoms with Crippen LogP contribution in [0.3, 0.4) is 0 Å². The highest BCUT2D eigenvalue weighted by atomic mass is 35.5. The third kappa shape index (κ3) is 3.26. The third-order valence-electron chi connectivity index (χ3n) is 3.70. The van der Waals surface area contributed by atoms with E-state index < -0.39 is 0 Å². The molecule has 2 heterocycles. The molecular formula is C15H19ClN4O. The average molecular weight is 307 g/mol. The molecule has 1 aliphatic heterocycles. The Morgan fingerprint density at radius 1 is 1.38 bits per heavy atom. The van der Waals surface area contributed by atoms with Crippen molar-refractivity contribution in [2.24, 2.45) is 0 Å². The lowest BCUT2D eigenvalue weighted by atomic mass is 10.1. The number of halogens is 1. The lowest BCUT2D eigenvalue weighted by molar-refractivity contribution is 0.133. The van der Waals surface area contributed by atoms with E-state index in [1.54, 1.807) is 0 Å². The second kappa shape index (κ2) is 6.56. The first-order chi connectivity index (χ1) is 10.3. The monoisotopic (exact) mass is 306 g/mol. The minimum atomic E-state index is 0.485. The number of nitrogens with one attached hydrogen (secondary N) is 1. The van der Waals surface area contributed by atoms with Gasteiger partial charge in [0, 0.05) is 19.1 Å². The van der Waals surface area contributed by atoms with Gasteiger partial charge in [0.25, 0.3) is 5.89 Å². The fourth-order valence-electron chi connectivity index (χ4n) is 2.45. The molecule has 0 unspecified atom stereocenters. The minimum Gasteiger partial charge on any atom is -0.334 e. The summed E-state index contributed by atoms with van der Waals surface area (Å²) in [5, 5.41) is 8.02. The van der Waals surface area contributed by atoms with Gasteiger partial charge in [0.15, 0.2) is 5.82 Å². The van der Waals surface area contributed by atoms with E-state index in [1.165, 1.54) is 0 Å². The molecule has 1 fully saturated rings. The summed E-state index contributed by atoms with van der Waals surface area (Å²) in [6, 6.07) is 8.08. The van der Waals surface area contributed by atoms with Crippen molar-refractivity contribution in [1.29, 1.82) is 0 Å². The van der Waals surface area contributed by atoms with Crippen LogP contribution in [0, 0.1) is 0 Å². The molecule has 0 aliphatic carbocycles. The van der Waals surface area contributed by atoms with Gasteiger partial charge in [-0.1, -0.05) is 35.8 Å². The zero-order valence-corrected chi connectivity index (χ0v) is 12.8. The van der Waals surface area contributed by atoms with Gasteiger partial charge in [0.05, 0.1) is 17.1 Å². The lowest BCUT2D eigenvalue weighted by Crippen LogP contribution is -2.57. The lowest BCUT2D eigenvalue weighted by Gasteiger charge is -2.37. The standard InChI is InChI=1S/C15H19ClN4O/c1-2-7-20(11-8-17-9-11)10-14-18-15(21-19-14)12-5-3-4-6-13(12)16/h3-6,11,17H,2,7-10H2,1H3. The molecule has 0 bridgehead atoms. The molecule has 2 aromatic rings. The van der Waals surface area contributed by atoms with Gasteiger partial charge in [0.1, 0.15) is 0 Å². The van der Waals surface area contributed by atoms with E-state index in [9.17, 15) is 0 Å². The quantitative estimate of drug-likeness (QED) is 0.889. The molecule has 1 aliphatic rings. The summed E-state index contributed by atoms with van der Waals surface area (Å²) in [5.41, 5.74) is 0.783. The molecule has 3 rings (SSSR count). The predicted octanol–water partition coefficient (Wildman–Crippen LogP) is 2.57. The van der Waals surface area contributed by atoms with Crippen molar-refractivity contribution in [3.05, 3.63) is 35.1 Å². The van der Waals surface area contributed by atoms with Crippen LogP contribution in [0.15, 0.2) is 28.8 Å². The van der Waals surface area contributed by atoms with Crippen LogP contribution in [0.25, 0.3) is 11.5 Å². The maximum absolute atomic E-state index is 6.16. The first-order valence-electron chi connectivity index (χ1n) is 7.30. The normalized spacial score (nSPS) is 15.4. The summed E-state index contributed by atoms with van der Waals surface area (Å²) in [6.07, 6.45) is 1.12. The van der Waals surface area contributed by atoms with Gasteiger partial charge in [-0.3, -0.25) is 4.90 Å². The van der Waals surface area contributed by atoms with E-state index >= 15 is 0 Å². The van der Waals surface area contributed by atoms with E-state index in [1.807, 2.05) is 24.3 Å². The highest BCUT2D eigenvalue weighted by Crippen LogP contribution is 2.26. The number of rotatable bonds is 6. The number of nitrogens with zero attached hydrogens (tertiary/aromatic N) is 3. The van der Waals surface area contributed by atoms with Gasteiger partial charge in [0.2, 0.25) is 0 Å². The van der Waals surface area contributed by atoms with Gasteiger partial charge in [-0.05, 0) is 25.1 Å². The SMILES string of the molecule is CCCN(Cc1noc(-c2ccccc2Cl)n1)C1CNC1. The van der Waals surface area contributed by atoms with Crippen molar-refractivity contribution >= 4 is 11.6 Å². The molecule has 0 spiro atoms. The summed E-state index contributed by atoms with van der Waals surface area (Å²) < 4.78 is 5.35. The first kappa shape index (κ1) is 14.5. The molecule has 0 atom stereocenters. The Morgan fingerprint density at radius 2 is 2.19 bits per heavy atom. The van der Waals surface area contributed by atoms with Crippen molar-refractivity contribution in [1.82, 2.24) is 20.4 Å². The molecule has 1 aromatic carbocycles. The van der Waals surface area contributed by atoms with Gasteiger partial charge in [-0.25, -0.2) is 0 Å². The fourth-order valence-corrected chi connectivity index (χ4v) is 2.67. The van der Waals surface area contributed by atoms with E-state index in [0.29, 0.717) is 29.3 Å². The van der Waals surface area contributed by atoms with Crippen LogP contribution in [-0.2, 0) is 6.54 Å². The molecule has 0 saturated carbocycles. The Kier molecular flexibility index (Phi) is 4.53. The predicted molar refractivity (Wildman–Crippen MR) is 82.1 cm³/mol. The number of hydrogen-bond acceptors (Lipinski definition) is 5. The summed E-state index contributed by atoms with van der Waals surface area (Å²) in [5.74, 6) is 1.20. The Bertz CT molecular complexity index is 597. The molecule has 1 N–H and O–H groups in total. The molecule has 112 valence electrons. The zero-order valence-electron chi connectivity index (χ0n) is 12.1. The van der Waals surface area contributed by atoms with Crippen LogP contribution in [0.5, 0.6) is 0 Å². The number of hydrogen-bond donors (Lipinski definition) is 1. The Balaban J connectivity index is 1.73. The summed E-state index contributed by atoms with van der Waals surface area (Å²) in [4.78, 5) is 6.88. The molecule has 0 radical (unpaired) electrons. The maximum atomic E-state index is 6.16. The molecular weight excluding hydrogens is 288 g/mol. The summed E-state index contributed by atoms with van der Waals surface area (Å²) >= 11 is 6.16. The second-order valence-electron chi connectivity index (χ2n) is 5.28. The topological polar surface area (TPSA) is 54.2 Å². The highest BCUT2D eigenvalue weighted by Gasteiger charge is 2.25. The van der Waals surface area contributed by atoms with Gasteiger partial charge >= 0.3 is 0 Å². The third-order valence-corrected chi connectivity index (χ3v) is 4.03. The van der Waals surface area contributed by atoms with E-state index in [4.69, 9.17) is 16.1 Å². The van der Waals surface area contributed by atoms with Crippen molar-refractivity contribution in [3.8, 4) is 11.5 Å². The van der Waals surface area contributed by atoms with Crippen LogP contribution < -0.4 is 5.32 Å². The van der Waals surface area contributed by atoms with Crippen molar-refractivity contribution in [3.63, 3.8) is 0 Å². The van der Waals surface area contributed by atoms with Crippen LogP contribution in [0.4, 0.5) is 0 Å². The van der Waals surface area contributed by atoms with Crippen LogP contribution in [-0.4, -0.2) is 40.7 Å². The summed E-state index contributed by atoms with van der Waals surface area (Å²) in [6.45, 7) is 6.02. The smallest absolute Gasteiger partial charge is 0.259 e. The van der Waals surface area contributed by atoms with Gasteiger partial charge < -0.3 is 9.84 Å². The van der Waals surface area contributed by atoms with Crippen LogP contribution >= 0.6 is 11.6 Å². The van der Waals surface area contributed by atoms with Crippen LogP contribution in [0.1, 0.15) is 19.2 Å². The van der Waals surface area contributed by atoms with Crippen molar-refractivity contribution in [2.45, 2.75) is 25.9 Å². The summed E-state index contributed by atoms with van der Waals surface area (Å²) in [7, 11) is 0. The molecule has 1 aromatic heterocycles. The van der Waals surface area contributed by atoms with E-state index in [0.717, 1.165) is 31.6 Å². The zero-order chi connectivity index (χ0) is 14.7. The molecule has 5 nitrogen and oxygen atoms in total. The van der Waals surface area contributed by atoms with E-state index in [-0.39, 0.29) is 0 Å². The van der Waals surface area contributed by atoms with Gasteiger partial charge in [-0.2, -0.15) is 4.98 Å². The highest BCUT2D eigenvalue weighted by molar-refractivity contribution is 6.33. The second-order valence-corrected chi connectivity index (χ2v) is 5.69. The largest absolute Gasteiger partial charge is 0.334 e. The maximum Gasteiger partial charge on any atom is 0.259 e. The average Bonchev–Trinajstić information content (AvgIpc) is 2.86. The first-order valence-corrected chi connectivity index (χ1v) is 7.68. The minimum absolute atomic E-state index is 0.485. The van der Waals surface area contributed by atoms with Crippen molar-refractivity contribution in [2.75, 3.05) is 19.6 Å². The molecule has 0 amide bonds. The Labute approximate surface area is 129 Å². The van der Waals surface area contributed by atoms with Crippen LogP contribution in [0.2, 0.25) is 5.02 Å². The number of benzene rings is 1. The number of aromatic nitrogens is 2. The van der Waals surface area contributed by atoms with E-state index in [2.05, 4.69) is 27.3 Å². The van der Waals surface area contributed by atoms with Gasteiger partial charge in [-0.15, -0.1) is 0 Å². The fraction of sp³-hybridized carbons (Fsp3) is 0.467. The van der Waals surface area contributed by atoms with Crippen molar-refractivity contribution < 1.29 is 4.52 Å². The molecule has 6 heteroatoms. The Hall–Kier alpha value is -1.43. The molecule has 1 saturated heterocycles.